The first-order valence-corrected chi connectivity index (χ1v) is 12.0. The summed E-state index contributed by atoms with van der Waals surface area (Å²) in [5.74, 6) is 0.572. The molecular weight excluding hydrogens is 573 g/mol. The third-order valence-corrected chi connectivity index (χ3v) is 5.56. The summed E-state index contributed by atoms with van der Waals surface area (Å²) < 4.78 is 17.2. The largest absolute Gasteiger partial charge is 0.494 e. The topological polar surface area (TPSA) is 110 Å². The lowest BCUT2D eigenvalue weighted by Crippen LogP contribution is -2.20. The van der Waals surface area contributed by atoms with Crippen LogP contribution in [0, 0.1) is 14.9 Å². The summed E-state index contributed by atoms with van der Waals surface area (Å²) >= 11 is 2.05. The molecule has 9 heteroatoms. The van der Waals surface area contributed by atoms with E-state index >= 15 is 0 Å². The first kappa shape index (κ1) is 26.6. The number of anilines is 2. The quantitative estimate of drug-likeness (QED) is 0.188. The second-order valence-corrected chi connectivity index (χ2v) is 8.48. The van der Waals surface area contributed by atoms with Crippen molar-refractivity contribution in [1.29, 1.82) is 5.26 Å². The molecule has 0 aliphatic rings. The lowest BCUT2D eigenvalue weighted by Gasteiger charge is -2.14. The summed E-state index contributed by atoms with van der Waals surface area (Å²) in [6, 6.07) is 21.2. The van der Waals surface area contributed by atoms with Crippen molar-refractivity contribution in [3.8, 4) is 23.3 Å². The van der Waals surface area contributed by atoms with Crippen molar-refractivity contribution in [2.45, 2.75) is 6.92 Å². The SMILES string of the molecule is CCOc1ccc(NC(=O)/C(C#N)=C/c2cc(I)c(OCC(=O)Nc3ccccc3)c(OC)c2)cc1. The number of hydrogen-bond donors (Lipinski definition) is 2. The van der Waals surface area contributed by atoms with Gasteiger partial charge < -0.3 is 24.8 Å². The predicted molar refractivity (Wildman–Crippen MR) is 146 cm³/mol. The molecule has 0 aliphatic heterocycles. The standard InChI is InChI=1S/C27H24IN3O5/c1-3-35-22-11-9-21(10-12-22)31-27(33)19(16-29)13-18-14-23(28)26(24(15-18)34-2)36-17-25(32)30-20-7-5-4-6-8-20/h4-15H,3,17H2,1-2H3,(H,30,32)(H,31,33)/b19-13+. The third kappa shape index (κ3) is 7.48. The Labute approximate surface area is 223 Å². The molecule has 0 aliphatic carbocycles. The van der Waals surface area contributed by atoms with Crippen LogP contribution in [0.5, 0.6) is 17.2 Å². The fourth-order valence-corrected chi connectivity index (χ4v) is 3.92. The summed E-state index contributed by atoms with van der Waals surface area (Å²) in [6.45, 7) is 2.21. The van der Waals surface area contributed by atoms with Crippen LogP contribution in [0.3, 0.4) is 0 Å². The third-order valence-electron chi connectivity index (χ3n) is 4.76. The second kappa shape index (κ2) is 13.2. The van der Waals surface area contributed by atoms with Crippen molar-refractivity contribution in [2.24, 2.45) is 0 Å². The number of benzene rings is 3. The molecule has 0 saturated carbocycles. The van der Waals surface area contributed by atoms with E-state index in [9.17, 15) is 14.9 Å². The minimum Gasteiger partial charge on any atom is -0.494 e. The average molecular weight is 597 g/mol. The maximum absolute atomic E-state index is 12.7. The molecule has 0 unspecified atom stereocenters. The number of para-hydroxylation sites is 1. The van der Waals surface area contributed by atoms with Crippen molar-refractivity contribution in [3.63, 3.8) is 0 Å². The van der Waals surface area contributed by atoms with Gasteiger partial charge in [0, 0.05) is 11.4 Å². The monoisotopic (exact) mass is 597 g/mol. The Hall–Kier alpha value is -4.04. The zero-order chi connectivity index (χ0) is 25.9. The smallest absolute Gasteiger partial charge is 0.266 e. The Balaban J connectivity index is 1.71. The molecule has 0 spiro atoms. The van der Waals surface area contributed by atoms with Crippen molar-refractivity contribution in [3.05, 3.63) is 81.4 Å². The average Bonchev–Trinajstić information content (AvgIpc) is 2.88. The maximum atomic E-state index is 12.7. The predicted octanol–water partition coefficient (Wildman–Crippen LogP) is 5.26. The highest BCUT2D eigenvalue weighted by atomic mass is 127. The van der Waals surface area contributed by atoms with Crippen molar-refractivity contribution < 1.29 is 23.8 Å². The molecule has 36 heavy (non-hydrogen) atoms. The fourth-order valence-electron chi connectivity index (χ4n) is 3.13. The number of rotatable bonds is 10. The zero-order valence-electron chi connectivity index (χ0n) is 19.7. The molecule has 0 heterocycles. The Bertz CT molecular complexity index is 1290. The molecule has 0 atom stereocenters. The van der Waals surface area contributed by atoms with E-state index in [1.807, 2.05) is 53.8 Å². The first-order valence-electron chi connectivity index (χ1n) is 10.9. The van der Waals surface area contributed by atoms with Gasteiger partial charge in [0.15, 0.2) is 18.1 Å². The second-order valence-electron chi connectivity index (χ2n) is 7.32. The summed E-state index contributed by atoms with van der Waals surface area (Å²) in [4.78, 5) is 24.9. The van der Waals surface area contributed by atoms with E-state index in [-0.39, 0.29) is 18.1 Å². The number of nitrogens with one attached hydrogen (secondary N) is 2. The van der Waals surface area contributed by atoms with E-state index in [2.05, 4.69) is 10.6 Å². The minimum absolute atomic E-state index is 0.0855. The Kier molecular flexibility index (Phi) is 9.71. The first-order chi connectivity index (χ1) is 17.4. The van der Waals surface area contributed by atoms with Gasteiger partial charge in [-0.2, -0.15) is 5.26 Å². The number of nitrogens with zero attached hydrogens (tertiary/aromatic N) is 1. The molecule has 0 radical (unpaired) electrons. The van der Waals surface area contributed by atoms with Crippen LogP contribution in [-0.4, -0.2) is 32.1 Å². The van der Waals surface area contributed by atoms with Gasteiger partial charge in [-0.1, -0.05) is 18.2 Å². The molecule has 0 aromatic heterocycles. The molecule has 3 aromatic rings. The van der Waals surface area contributed by atoms with Crippen LogP contribution < -0.4 is 24.8 Å². The van der Waals surface area contributed by atoms with Crippen LogP contribution in [0.4, 0.5) is 11.4 Å². The van der Waals surface area contributed by atoms with E-state index in [1.165, 1.54) is 13.2 Å². The molecule has 184 valence electrons. The molecule has 2 amide bonds. The zero-order valence-corrected chi connectivity index (χ0v) is 21.9. The van der Waals surface area contributed by atoms with Gasteiger partial charge in [0.05, 0.1) is 17.3 Å². The number of carbonyl (C=O) groups is 2. The van der Waals surface area contributed by atoms with E-state index in [0.717, 1.165) is 0 Å². The van der Waals surface area contributed by atoms with E-state index in [4.69, 9.17) is 14.2 Å². The lowest BCUT2D eigenvalue weighted by molar-refractivity contribution is -0.118. The van der Waals surface area contributed by atoms with E-state index in [0.29, 0.717) is 44.4 Å². The highest BCUT2D eigenvalue weighted by Gasteiger charge is 2.15. The van der Waals surface area contributed by atoms with Gasteiger partial charge in [0.25, 0.3) is 11.8 Å². The number of ether oxygens (including phenoxy) is 3. The summed E-state index contributed by atoms with van der Waals surface area (Å²) in [6.07, 6.45) is 1.46. The number of hydrogen-bond acceptors (Lipinski definition) is 6. The molecule has 8 nitrogen and oxygen atoms in total. The molecule has 2 N–H and O–H groups in total. The van der Waals surface area contributed by atoms with Crippen LogP contribution in [0.2, 0.25) is 0 Å². The van der Waals surface area contributed by atoms with Crippen LogP contribution in [-0.2, 0) is 9.59 Å². The van der Waals surface area contributed by atoms with Gasteiger partial charge in [0.1, 0.15) is 17.4 Å². The van der Waals surface area contributed by atoms with Gasteiger partial charge >= 0.3 is 0 Å². The highest BCUT2D eigenvalue weighted by Crippen LogP contribution is 2.34. The Morgan fingerprint density at radius 1 is 1.00 bits per heavy atom. The summed E-state index contributed by atoms with van der Waals surface area (Å²) in [7, 11) is 1.47. The van der Waals surface area contributed by atoms with Crippen molar-refractivity contribution in [1.82, 2.24) is 0 Å². The van der Waals surface area contributed by atoms with Crippen LogP contribution in [0.1, 0.15) is 12.5 Å². The van der Waals surface area contributed by atoms with Gasteiger partial charge in [0.2, 0.25) is 0 Å². The Morgan fingerprint density at radius 2 is 1.69 bits per heavy atom. The minimum atomic E-state index is -0.548. The number of amides is 2. The molecule has 0 bridgehead atoms. The van der Waals surface area contributed by atoms with Crippen LogP contribution in [0.25, 0.3) is 6.08 Å². The molecule has 0 fully saturated rings. The Morgan fingerprint density at radius 3 is 2.33 bits per heavy atom. The molecule has 3 rings (SSSR count). The lowest BCUT2D eigenvalue weighted by atomic mass is 10.1. The number of methoxy groups -OCH3 is 1. The van der Waals surface area contributed by atoms with Crippen LogP contribution >= 0.6 is 22.6 Å². The van der Waals surface area contributed by atoms with Gasteiger partial charge in [-0.05, 0) is 89.7 Å². The van der Waals surface area contributed by atoms with Crippen LogP contribution in [0.15, 0.2) is 72.3 Å². The van der Waals surface area contributed by atoms with Gasteiger partial charge in [-0.25, -0.2) is 0 Å². The molecule has 0 saturated heterocycles. The summed E-state index contributed by atoms with van der Waals surface area (Å²) in [5, 5.41) is 15.0. The maximum Gasteiger partial charge on any atom is 0.266 e. The van der Waals surface area contributed by atoms with E-state index < -0.39 is 5.91 Å². The number of nitriles is 1. The summed E-state index contributed by atoms with van der Waals surface area (Å²) in [5.41, 5.74) is 1.68. The fraction of sp³-hybridized carbons (Fsp3) is 0.148. The van der Waals surface area contributed by atoms with Crippen molar-refractivity contribution >= 4 is 51.9 Å². The van der Waals surface area contributed by atoms with E-state index in [1.54, 1.807) is 48.5 Å². The molecule has 3 aromatic carbocycles. The highest BCUT2D eigenvalue weighted by molar-refractivity contribution is 14.1. The normalized spacial score (nSPS) is 10.7. The number of carbonyl (C=O) groups excluding carboxylic acids is 2. The van der Waals surface area contributed by atoms with Crippen molar-refractivity contribution in [2.75, 3.05) is 31.0 Å². The van der Waals surface area contributed by atoms with Gasteiger partial charge in [-0.3, -0.25) is 9.59 Å². The number of halogens is 1. The molecular formula is C27H24IN3O5. The van der Waals surface area contributed by atoms with Gasteiger partial charge in [-0.15, -0.1) is 0 Å².